The highest BCUT2D eigenvalue weighted by Gasteiger charge is 2.83. The number of hydrogen-bond acceptors (Lipinski definition) is 13. The molecule has 13 nitrogen and oxygen atoms in total. The molecule has 0 radical (unpaired) electrons. The minimum atomic E-state index is -2.06. The molecule has 6 aliphatic rings. The second-order valence-electron chi connectivity index (χ2n) is 18.1. The first kappa shape index (κ1) is 42.3. The van der Waals surface area contributed by atoms with Crippen molar-refractivity contribution < 1.29 is 62.5 Å². The third-order valence-electron chi connectivity index (χ3n) is 14.8. The van der Waals surface area contributed by atoms with Crippen LogP contribution in [0.5, 0.6) is 23.0 Å². The Morgan fingerprint density at radius 3 is 2.00 bits per heavy atom. The molecule has 0 bridgehead atoms. The Morgan fingerprint density at radius 2 is 1.39 bits per heavy atom. The van der Waals surface area contributed by atoms with Gasteiger partial charge in [0.15, 0.2) is 34.4 Å². The number of esters is 3. The van der Waals surface area contributed by atoms with Gasteiger partial charge in [-0.05, 0) is 118 Å². The largest absolute Gasteiger partial charge is 0.459 e. The highest BCUT2D eigenvalue weighted by atomic mass is 16.7. The molecule has 0 spiro atoms. The molecule has 3 saturated carbocycles. The summed E-state index contributed by atoms with van der Waals surface area (Å²) < 4.78 is 40.2. The summed E-state index contributed by atoms with van der Waals surface area (Å²) in [6, 6.07) is 10.6. The molecule has 3 fully saturated rings. The average Bonchev–Trinajstić information content (AvgIpc) is 3.95. The van der Waals surface area contributed by atoms with Crippen LogP contribution in [0.1, 0.15) is 97.6 Å². The summed E-state index contributed by atoms with van der Waals surface area (Å²) in [4.78, 5) is 54.8. The first-order chi connectivity index (χ1) is 28.9. The second kappa shape index (κ2) is 15.5. The van der Waals surface area contributed by atoms with Crippen LogP contribution in [0.2, 0.25) is 0 Å². The molecule has 2 heterocycles. The van der Waals surface area contributed by atoms with E-state index in [1.807, 2.05) is 39.8 Å². The Kier molecular flexibility index (Phi) is 10.7. The number of allylic oxidation sites excluding steroid dienone is 1. The lowest BCUT2D eigenvalue weighted by molar-refractivity contribution is -0.315. The molecular formula is C48H54O13. The molecule has 8 rings (SSSR count). The predicted octanol–water partition coefficient (Wildman–Crippen LogP) is 6.97. The van der Waals surface area contributed by atoms with Crippen LogP contribution < -0.4 is 18.9 Å². The van der Waals surface area contributed by atoms with Crippen LogP contribution in [0.3, 0.4) is 0 Å². The summed E-state index contributed by atoms with van der Waals surface area (Å²) >= 11 is 0. The van der Waals surface area contributed by atoms with Crippen molar-refractivity contribution in [2.45, 2.75) is 115 Å². The van der Waals surface area contributed by atoms with E-state index in [1.165, 1.54) is 31.2 Å². The molecule has 0 saturated heterocycles. The lowest BCUT2D eigenvalue weighted by atomic mass is 9.42. The van der Waals surface area contributed by atoms with Gasteiger partial charge in [-0.1, -0.05) is 50.1 Å². The number of rotatable bonds is 10. The van der Waals surface area contributed by atoms with Crippen LogP contribution in [0, 0.1) is 22.7 Å². The van der Waals surface area contributed by atoms with E-state index < -0.39 is 69.5 Å². The maximum atomic E-state index is 14.1. The van der Waals surface area contributed by atoms with Gasteiger partial charge in [0, 0.05) is 30.6 Å². The number of ketones is 1. The fourth-order valence-electron chi connectivity index (χ4n) is 11.0. The summed E-state index contributed by atoms with van der Waals surface area (Å²) in [5.74, 6) is -0.789. The molecule has 0 unspecified atom stereocenters. The molecule has 0 aromatic heterocycles. The molecular weight excluding hydrogens is 785 g/mol. The lowest BCUT2D eigenvalue weighted by Crippen LogP contribution is -2.78. The van der Waals surface area contributed by atoms with E-state index in [9.17, 15) is 29.4 Å². The standard InChI is InChI=1S/C48H54O13/c1-28(2)29(3)21-43(52)60-40-25-39-44(5)17-16-34(59-41(50)13-9-31-7-11-35-37(22-31)57-26-55-35)24-33(44)15-18-46(39,53)48(54)20-19-47(30(4)49,45(40,48)6)61-42(51)14-10-32-8-12-36-38(23-32)58-27-56-36/h7-15,21-23,28,34,39-40,53-54H,16-20,24-27H2,1-6H3/b13-9+,14-10+,29-21+/t34-,39+,40+,44-,45+,46-,47+,48+/m0/s1. The Morgan fingerprint density at radius 1 is 0.787 bits per heavy atom. The first-order valence-corrected chi connectivity index (χ1v) is 21.1. The van der Waals surface area contributed by atoms with Crippen LogP contribution in [-0.2, 0) is 33.4 Å². The van der Waals surface area contributed by atoms with Gasteiger partial charge in [0.2, 0.25) is 13.6 Å². The van der Waals surface area contributed by atoms with E-state index in [-0.39, 0.29) is 45.2 Å². The van der Waals surface area contributed by atoms with E-state index in [0.717, 1.165) is 16.7 Å². The fraction of sp³-hybridized carbons (Fsp3) is 0.500. The monoisotopic (exact) mass is 838 g/mol. The van der Waals surface area contributed by atoms with Gasteiger partial charge >= 0.3 is 17.9 Å². The van der Waals surface area contributed by atoms with Gasteiger partial charge in [0.1, 0.15) is 23.4 Å². The zero-order valence-corrected chi connectivity index (χ0v) is 35.5. The van der Waals surface area contributed by atoms with Crippen LogP contribution in [0.25, 0.3) is 12.2 Å². The maximum Gasteiger partial charge on any atom is 0.331 e. The van der Waals surface area contributed by atoms with Gasteiger partial charge in [0.05, 0.1) is 5.41 Å². The summed E-state index contributed by atoms with van der Waals surface area (Å²) in [6.45, 7) is 10.9. The van der Waals surface area contributed by atoms with Crippen molar-refractivity contribution in [3.8, 4) is 23.0 Å². The zero-order chi connectivity index (χ0) is 43.5. The molecule has 61 heavy (non-hydrogen) atoms. The van der Waals surface area contributed by atoms with Crippen LogP contribution in [0.15, 0.2) is 71.8 Å². The van der Waals surface area contributed by atoms with E-state index in [4.69, 9.17) is 33.2 Å². The van der Waals surface area contributed by atoms with E-state index >= 15 is 0 Å². The number of aliphatic hydroxyl groups is 2. The number of ether oxygens (including phenoxy) is 7. The Balaban J connectivity index is 1.08. The summed E-state index contributed by atoms with van der Waals surface area (Å²) in [6.07, 6.45) is 8.73. The lowest BCUT2D eigenvalue weighted by Gasteiger charge is -2.67. The number of Topliss-reactive ketones (excluding diaryl/α,β-unsaturated/α-hetero) is 1. The molecule has 2 N–H and O–H groups in total. The van der Waals surface area contributed by atoms with Gasteiger partial charge in [-0.15, -0.1) is 0 Å². The summed E-state index contributed by atoms with van der Waals surface area (Å²) in [7, 11) is 0. The Hall–Kier alpha value is -5.40. The van der Waals surface area contributed by atoms with Crippen molar-refractivity contribution in [3.05, 3.63) is 83.0 Å². The van der Waals surface area contributed by atoms with Gasteiger partial charge in [0.25, 0.3) is 0 Å². The molecule has 324 valence electrons. The smallest absolute Gasteiger partial charge is 0.331 e. The van der Waals surface area contributed by atoms with Crippen molar-refractivity contribution >= 4 is 35.8 Å². The average molecular weight is 839 g/mol. The van der Waals surface area contributed by atoms with E-state index in [0.29, 0.717) is 47.8 Å². The van der Waals surface area contributed by atoms with Crippen LogP contribution >= 0.6 is 0 Å². The van der Waals surface area contributed by atoms with Gasteiger partial charge in [-0.2, -0.15) is 0 Å². The highest BCUT2D eigenvalue weighted by molar-refractivity contribution is 5.94. The van der Waals surface area contributed by atoms with Gasteiger partial charge in [-0.3, -0.25) is 4.79 Å². The molecule has 2 aromatic carbocycles. The van der Waals surface area contributed by atoms with E-state index in [1.54, 1.807) is 43.3 Å². The second-order valence-corrected chi connectivity index (χ2v) is 18.1. The number of hydrogen-bond donors (Lipinski definition) is 2. The minimum Gasteiger partial charge on any atom is -0.459 e. The summed E-state index contributed by atoms with van der Waals surface area (Å²) in [5, 5.41) is 26.4. The molecule has 8 atom stereocenters. The molecule has 13 heteroatoms. The molecule has 0 amide bonds. The van der Waals surface area contributed by atoms with E-state index in [2.05, 4.69) is 0 Å². The molecule has 2 aromatic rings. The molecule has 4 aliphatic carbocycles. The SMILES string of the molecule is CC(=O)[C@]1(OC(=O)/C=C/c2ccc3c(c2)OCO3)CC[C@@]2(O)[C@]1(C)[C@H](OC(=O)/C=C(\C)C(C)C)C[C@@H]1[C@@]3(C)CC[C@H](OC(=O)/C=C/c4ccc5c(c4)OCO5)CC3=CC[C@]12O. The number of benzene rings is 2. The van der Waals surface area contributed by atoms with Crippen LogP contribution in [0.4, 0.5) is 0 Å². The quantitative estimate of drug-likeness (QED) is 0.109. The fourth-order valence-corrected chi connectivity index (χ4v) is 11.0. The Bertz CT molecular complexity index is 2270. The zero-order valence-electron chi connectivity index (χ0n) is 35.5. The van der Waals surface area contributed by atoms with Crippen molar-refractivity contribution in [3.63, 3.8) is 0 Å². The first-order valence-electron chi connectivity index (χ1n) is 21.1. The van der Waals surface area contributed by atoms with Crippen molar-refractivity contribution in [2.75, 3.05) is 13.6 Å². The van der Waals surface area contributed by atoms with Gasteiger partial charge in [-0.25, -0.2) is 14.4 Å². The topological polar surface area (TPSA) is 173 Å². The minimum absolute atomic E-state index is 0.0122. The van der Waals surface area contributed by atoms with Crippen molar-refractivity contribution in [1.82, 2.24) is 0 Å². The molecule has 2 aliphatic heterocycles. The highest BCUT2D eigenvalue weighted by Crippen LogP contribution is 2.71. The number of fused-ring (bicyclic) bond motifs is 7. The summed E-state index contributed by atoms with van der Waals surface area (Å²) in [5.41, 5.74) is -5.24. The predicted molar refractivity (Wildman–Crippen MR) is 221 cm³/mol. The van der Waals surface area contributed by atoms with Crippen molar-refractivity contribution in [2.24, 2.45) is 22.7 Å². The third kappa shape index (κ3) is 6.93. The van der Waals surface area contributed by atoms with Crippen molar-refractivity contribution in [1.29, 1.82) is 0 Å². The number of carbonyl (C=O) groups excluding carboxylic acids is 4. The number of carbonyl (C=O) groups is 4. The third-order valence-corrected chi connectivity index (χ3v) is 14.8. The van der Waals surface area contributed by atoms with Crippen LogP contribution in [-0.4, -0.2) is 76.5 Å². The Labute approximate surface area is 355 Å². The normalized spacial score (nSPS) is 33.5. The maximum absolute atomic E-state index is 14.1. The van der Waals surface area contributed by atoms with Gasteiger partial charge < -0.3 is 43.4 Å².